The maximum Gasteiger partial charge on any atom is 0.126 e. The molecule has 2 aromatic carbocycles. The molecule has 16 heavy (non-hydrogen) atoms. The molecule has 0 aliphatic rings. The van der Waals surface area contributed by atoms with E-state index < -0.39 is 15.0 Å². The third kappa shape index (κ3) is 1.65. The van der Waals surface area contributed by atoms with Gasteiger partial charge in [0.05, 0.1) is 10.5 Å². The summed E-state index contributed by atoms with van der Waals surface area (Å²) in [5.41, 5.74) is -0.117. The van der Waals surface area contributed by atoms with Crippen molar-refractivity contribution in [1.29, 1.82) is 5.26 Å². The second-order valence-corrected chi connectivity index (χ2v) is 4.55. The molecule has 0 aliphatic carbocycles. The molecule has 5 heteroatoms. The first-order chi connectivity index (χ1) is 7.54. The van der Waals surface area contributed by atoms with E-state index in [4.69, 9.17) is 5.26 Å². The summed E-state index contributed by atoms with van der Waals surface area (Å²) in [5, 5.41) is 9.70. The minimum Gasteiger partial charge on any atom is -0.744 e. The molecular weight excluding hydrogens is 226 g/mol. The van der Waals surface area contributed by atoms with Crippen LogP contribution in [0, 0.1) is 11.3 Å². The first-order valence-corrected chi connectivity index (χ1v) is 5.82. The van der Waals surface area contributed by atoms with E-state index in [0.717, 1.165) is 0 Å². The van der Waals surface area contributed by atoms with E-state index in [1.165, 1.54) is 12.1 Å². The lowest BCUT2D eigenvalue weighted by Crippen LogP contribution is -2.02. The largest absolute Gasteiger partial charge is 0.744 e. The summed E-state index contributed by atoms with van der Waals surface area (Å²) in [7, 11) is -4.64. The Balaban J connectivity index is 3.03. The van der Waals surface area contributed by atoms with E-state index in [9.17, 15) is 13.0 Å². The molecule has 0 saturated carbocycles. The van der Waals surface area contributed by atoms with Gasteiger partial charge >= 0.3 is 0 Å². The van der Waals surface area contributed by atoms with E-state index in [1.807, 2.05) is 0 Å². The van der Waals surface area contributed by atoms with Crippen LogP contribution in [0.4, 0.5) is 0 Å². The van der Waals surface area contributed by atoms with E-state index in [-0.39, 0.29) is 10.9 Å². The molecule has 2 aromatic rings. The summed E-state index contributed by atoms with van der Waals surface area (Å²) in [6, 6.07) is 11.2. The Bertz CT molecular complexity index is 699. The van der Waals surface area contributed by atoms with Gasteiger partial charge in [0, 0.05) is 5.39 Å². The van der Waals surface area contributed by atoms with Gasteiger partial charge in [-0.1, -0.05) is 30.3 Å². The fraction of sp³-hybridized carbons (Fsp3) is 0. The van der Waals surface area contributed by atoms with Crippen molar-refractivity contribution in [3.8, 4) is 6.07 Å². The molecular formula is C11H6NO3S-. The molecule has 0 spiro atoms. The van der Waals surface area contributed by atoms with Crippen molar-refractivity contribution in [1.82, 2.24) is 0 Å². The standard InChI is InChI=1S/C11H7NO3S/c12-7-9-6-5-8-3-1-2-4-10(8)11(9)16(13,14)15/h1-6H,(H,13,14,15)/p-1. The minimum absolute atomic E-state index is 0.117. The molecule has 0 saturated heterocycles. The van der Waals surface area contributed by atoms with Crippen LogP contribution in [-0.2, 0) is 10.1 Å². The molecule has 0 atom stereocenters. The van der Waals surface area contributed by atoms with Crippen LogP contribution < -0.4 is 0 Å². The van der Waals surface area contributed by atoms with Crippen molar-refractivity contribution in [2.75, 3.05) is 0 Å². The van der Waals surface area contributed by atoms with Crippen molar-refractivity contribution in [3.63, 3.8) is 0 Å². The van der Waals surface area contributed by atoms with Crippen LogP contribution in [0.25, 0.3) is 10.8 Å². The maximum atomic E-state index is 11.1. The lowest BCUT2D eigenvalue weighted by Gasteiger charge is -2.12. The summed E-state index contributed by atoms with van der Waals surface area (Å²) in [6.45, 7) is 0. The Hall–Kier alpha value is -1.90. The monoisotopic (exact) mass is 232 g/mol. The van der Waals surface area contributed by atoms with Gasteiger partial charge in [-0.15, -0.1) is 0 Å². The van der Waals surface area contributed by atoms with Gasteiger partial charge < -0.3 is 4.55 Å². The van der Waals surface area contributed by atoms with Crippen LogP contribution in [-0.4, -0.2) is 13.0 Å². The van der Waals surface area contributed by atoms with Crippen molar-refractivity contribution < 1.29 is 13.0 Å². The van der Waals surface area contributed by atoms with Gasteiger partial charge in [-0.05, 0) is 11.5 Å². The molecule has 0 heterocycles. The van der Waals surface area contributed by atoms with Crippen molar-refractivity contribution >= 4 is 20.9 Å². The summed E-state index contributed by atoms with van der Waals surface area (Å²) < 4.78 is 33.4. The second-order valence-electron chi connectivity index (χ2n) is 3.23. The molecule has 80 valence electrons. The van der Waals surface area contributed by atoms with Crippen LogP contribution in [0.2, 0.25) is 0 Å². The predicted octanol–water partition coefficient (Wildman–Crippen LogP) is 1.62. The van der Waals surface area contributed by atoms with E-state index >= 15 is 0 Å². The lowest BCUT2D eigenvalue weighted by molar-refractivity contribution is 0.464. The normalized spacial score (nSPS) is 11.2. The highest BCUT2D eigenvalue weighted by atomic mass is 32.2. The first kappa shape index (κ1) is 10.6. The smallest absolute Gasteiger partial charge is 0.126 e. The number of hydrogen-bond donors (Lipinski definition) is 0. The Kier molecular flexibility index (Phi) is 2.38. The van der Waals surface area contributed by atoms with Crippen molar-refractivity contribution in [2.45, 2.75) is 4.90 Å². The zero-order chi connectivity index (χ0) is 11.8. The minimum atomic E-state index is -4.64. The molecule has 0 N–H and O–H groups in total. The van der Waals surface area contributed by atoms with E-state index in [1.54, 1.807) is 30.3 Å². The first-order valence-electron chi connectivity index (χ1n) is 4.42. The SMILES string of the molecule is N#Cc1ccc2ccccc2c1S(=O)(=O)[O-]. The molecule has 0 unspecified atom stereocenters. The summed E-state index contributed by atoms with van der Waals surface area (Å²) in [4.78, 5) is -0.437. The molecule has 0 aromatic heterocycles. The number of nitrogens with zero attached hydrogens (tertiary/aromatic N) is 1. The third-order valence-electron chi connectivity index (χ3n) is 2.25. The Morgan fingerprint density at radius 2 is 1.81 bits per heavy atom. The fourth-order valence-corrected chi connectivity index (χ4v) is 2.44. The van der Waals surface area contributed by atoms with Gasteiger partial charge in [0.1, 0.15) is 16.2 Å². The van der Waals surface area contributed by atoms with E-state index in [0.29, 0.717) is 5.39 Å². The van der Waals surface area contributed by atoms with Gasteiger partial charge in [-0.3, -0.25) is 0 Å². The van der Waals surface area contributed by atoms with Crippen LogP contribution in [0.3, 0.4) is 0 Å². The van der Waals surface area contributed by atoms with Crippen LogP contribution in [0.5, 0.6) is 0 Å². The quantitative estimate of drug-likeness (QED) is 0.699. The molecule has 2 rings (SSSR count). The Labute approximate surface area is 92.5 Å². The molecule has 0 radical (unpaired) electrons. The second kappa shape index (κ2) is 3.59. The molecule has 0 amide bonds. The zero-order valence-electron chi connectivity index (χ0n) is 8.04. The highest BCUT2D eigenvalue weighted by Crippen LogP contribution is 2.25. The lowest BCUT2D eigenvalue weighted by atomic mass is 10.1. The highest BCUT2D eigenvalue weighted by Gasteiger charge is 2.12. The highest BCUT2D eigenvalue weighted by molar-refractivity contribution is 7.86. The van der Waals surface area contributed by atoms with Gasteiger partial charge in [-0.2, -0.15) is 5.26 Å². The van der Waals surface area contributed by atoms with Crippen LogP contribution in [0.15, 0.2) is 41.3 Å². The topological polar surface area (TPSA) is 81.0 Å². The van der Waals surface area contributed by atoms with E-state index in [2.05, 4.69) is 0 Å². The molecule has 0 aliphatic heterocycles. The average molecular weight is 232 g/mol. The number of rotatable bonds is 1. The molecule has 4 nitrogen and oxygen atoms in total. The average Bonchev–Trinajstić information content (AvgIpc) is 2.26. The zero-order valence-corrected chi connectivity index (χ0v) is 8.86. The fourth-order valence-electron chi connectivity index (χ4n) is 1.60. The number of hydrogen-bond acceptors (Lipinski definition) is 4. The number of fused-ring (bicyclic) bond motifs is 1. The number of benzene rings is 2. The Morgan fingerprint density at radius 3 is 2.44 bits per heavy atom. The van der Waals surface area contributed by atoms with Crippen LogP contribution >= 0.6 is 0 Å². The van der Waals surface area contributed by atoms with Gasteiger partial charge in [0.25, 0.3) is 0 Å². The number of nitriles is 1. The van der Waals surface area contributed by atoms with Gasteiger partial charge in [-0.25, -0.2) is 8.42 Å². The van der Waals surface area contributed by atoms with Crippen molar-refractivity contribution in [2.24, 2.45) is 0 Å². The molecule has 0 bridgehead atoms. The Morgan fingerprint density at radius 1 is 1.12 bits per heavy atom. The summed E-state index contributed by atoms with van der Waals surface area (Å²) >= 11 is 0. The van der Waals surface area contributed by atoms with Crippen molar-refractivity contribution in [3.05, 3.63) is 42.0 Å². The predicted molar refractivity (Wildman–Crippen MR) is 56.6 cm³/mol. The van der Waals surface area contributed by atoms with Gasteiger partial charge in [0.15, 0.2) is 0 Å². The summed E-state index contributed by atoms with van der Waals surface area (Å²) in [6.07, 6.45) is 0. The molecule has 0 fully saturated rings. The van der Waals surface area contributed by atoms with Crippen LogP contribution in [0.1, 0.15) is 5.56 Å². The summed E-state index contributed by atoms with van der Waals surface area (Å²) in [5.74, 6) is 0. The third-order valence-corrected chi connectivity index (χ3v) is 3.19. The maximum absolute atomic E-state index is 11.1. The van der Waals surface area contributed by atoms with Gasteiger partial charge in [0.2, 0.25) is 0 Å².